The van der Waals surface area contributed by atoms with Gasteiger partial charge in [-0.3, -0.25) is 4.79 Å². The standard InChI is InChI=1S/C36H70O2/c1-4-7-9-11-13-15-17-19-20-21-23-25-27-29-31-33-36(37)38-34-35(6-3)32-30-28-26-24-22-18-16-14-12-10-8-5-2/h19-20,35H,4-18,21-34H2,1-3H3/b20-19-. The van der Waals surface area contributed by atoms with Crippen LogP contribution in [-0.4, -0.2) is 12.6 Å². The van der Waals surface area contributed by atoms with Crippen LogP contribution in [-0.2, 0) is 9.53 Å². The first-order valence-electron chi connectivity index (χ1n) is 17.5. The molecule has 0 saturated heterocycles. The number of hydrogen-bond acceptors (Lipinski definition) is 2. The van der Waals surface area contributed by atoms with Gasteiger partial charge in [0.15, 0.2) is 0 Å². The average Bonchev–Trinajstić information content (AvgIpc) is 2.93. The third kappa shape index (κ3) is 29.8. The van der Waals surface area contributed by atoms with Gasteiger partial charge in [-0.2, -0.15) is 0 Å². The highest BCUT2D eigenvalue weighted by atomic mass is 16.5. The molecule has 2 heteroatoms. The van der Waals surface area contributed by atoms with Gasteiger partial charge in [0, 0.05) is 6.42 Å². The van der Waals surface area contributed by atoms with Crippen molar-refractivity contribution >= 4 is 5.97 Å². The molecule has 0 N–H and O–H groups in total. The van der Waals surface area contributed by atoms with Crippen LogP contribution in [0.3, 0.4) is 0 Å². The lowest BCUT2D eigenvalue weighted by molar-refractivity contribution is -0.145. The van der Waals surface area contributed by atoms with Gasteiger partial charge in [-0.05, 0) is 44.4 Å². The van der Waals surface area contributed by atoms with Gasteiger partial charge in [0.05, 0.1) is 6.61 Å². The van der Waals surface area contributed by atoms with E-state index in [9.17, 15) is 4.79 Å². The second-order valence-electron chi connectivity index (χ2n) is 12.0. The summed E-state index contributed by atoms with van der Waals surface area (Å²) in [5.74, 6) is 0.576. The highest BCUT2D eigenvalue weighted by Gasteiger charge is 2.10. The van der Waals surface area contributed by atoms with E-state index in [1.54, 1.807) is 0 Å². The fourth-order valence-corrected chi connectivity index (χ4v) is 5.30. The molecule has 0 spiro atoms. The third-order valence-electron chi connectivity index (χ3n) is 8.17. The number of hydrogen-bond donors (Lipinski definition) is 0. The van der Waals surface area contributed by atoms with Crippen molar-refractivity contribution < 1.29 is 9.53 Å². The minimum Gasteiger partial charge on any atom is -0.465 e. The van der Waals surface area contributed by atoms with Gasteiger partial charge in [0.1, 0.15) is 0 Å². The van der Waals surface area contributed by atoms with Crippen molar-refractivity contribution in [1.29, 1.82) is 0 Å². The number of carbonyl (C=O) groups is 1. The fourth-order valence-electron chi connectivity index (χ4n) is 5.30. The summed E-state index contributed by atoms with van der Waals surface area (Å²) in [6, 6.07) is 0. The Morgan fingerprint density at radius 2 is 0.921 bits per heavy atom. The van der Waals surface area contributed by atoms with Gasteiger partial charge in [-0.15, -0.1) is 0 Å². The average molecular weight is 535 g/mol. The first kappa shape index (κ1) is 37.2. The van der Waals surface area contributed by atoms with Crippen LogP contribution >= 0.6 is 0 Å². The molecule has 0 saturated carbocycles. The summed E-state index contributed by atoms with van der Waals surface area (Å²) in [6.07, 6.45) is 41.2. The molecule has 1 unspecified atom stereocenters. The molecule has 0 aromatic carbocycles. The van der Waals surface area contributed by atoms with Crippen molar-refractivity contribution in [2.24, 2.45) is 5.92 Å². The Kier molecular flexibility index (Phi) is 31.7. The van der Waals surface area contributed by atoms with E-state index >= 15 is 0 Å². The first-order valence-corrected chi connectivity index (χ1v) is 17.5. The molecule has 0 aromatic heterocycles. The Hall–Kier alpha value is -0.790. The molecule has 226 valence electrons. The molecule has 2 nitrogen and oxygen atoms in total. The zero-order chi connectivity index (χ0) is 27.8. The Morgan fingerprint density at radius 1 is 0.526 bits per heavy atom. The SMILES string of the molecule is CCCCCCCC/C=C\CCCCCCCC(=O)OCC(CC)CCCCCCCCCCCCCC. The van der Waals surface area contributed by atoms with Crippen LogP contribution in [0.25, 0.3) is 0 Å². The maximum absolute atomic E-state index is 12.1. The molecule has 0 bridgehead atoms. The van der Waals surface area contributed by atoms with Crippen LogP contribution in [0.5, 0.6) is 0 Å². The molecule has 0 heterocycles. The fraction of sp³-hybridized carbons (Fsp3) is 0.917. The van der Waals surface area contributed by atoms with E-state index in [1.807, 2.05) is 0 Å². The van der Waals surface area contributed by atoms with Crippen molar-refractivity contribution in [1.82, 2.24) is 0 Å². The van der Waals surface area contributed by atoms with Gasteiger partial charge in [0.2, 0.25) is 0 Å². The van der Waals surface area contributed by atoms with Crippen LogP contribution in [0.15, 0.2) is 12.2 Å². The summed E-state index contributed by atoms with van der Waals surface area (Å²) in [6.45, 7) is 7.44. The van der Waals surface area contributed by atoms with Gasteiger partial charge in [-0.1, -0.05) is 168 Å². The predicted octanol–water partition coefficient (Wildman–Crippen LogP) is 12.7. The molecule has 0 rings (SSSR count). The number of ether oxygens (including phenoxy) is 1. The second-order valence-corrected chi connectivity index (χ2v) is 12.0. The van der Waals surface area contributed by atoms with Crippen LogP contribution in [0, 0.1) is 5.92 Å². The van der Waals surface area contributed by atoms with Gasteiger partial charge < -0.3 is 4.74 Å². The predicted molar refractivity (Wildman–Crippen MR) is 170 cm³/mol. The molecular formula is C36H70O2. The van der Waals surface area contributed by atoms with Crippen LogP contribution in [0.2, 0.25) is 0 Å². The number of unbranched alkanes of at least 4 members (excludes halogenated alkanes) is 22. The summed E-state index contributed by atoms with van der Waals surface area (Å²) < 4.78 is 5.62. The van der Waals surface area contributed by atoms with E-state index in [0.29, 0.717) is 18.9 Å². The van der Waals surface area contributed by atoms with Gasteiger partial charge in [-0.25, -0.2) is 0 Å². The van der Waals surface area contributed by atoms with Gasteiger partial charge >= 0.3 is 5.97 Å². The molecule has 0 fully saturated rings. The van der Waals surface area contributed by atoms with E-state index in [4.69, 9.17) is 4.74 Å². The summed E-state index contributed by atoms with van der Waals surface area (Å²) >= 11 is 0. The minimum atomic E-state index is 0.0239. The molecule has 38 heavy (non-hydrogen) atoms. The Balaban J connectivity index is 3.44. The molecule has 0 aliphatic carbocycles. The number of rotatable bonds is 31. The van der Waals surface area contributed by atoms with Crippen LogP contribution in [0.1, 0.15) is 201 Å². The lowest BCUT2D eigenvalue weighted by Gasteiger charge is -2.15. The van der Waals surface area contributed by atoms with E-state index in [1.165, 1.54) is 154 Å². The van der Waals surface area contributed by atoms with E-state index in [0.717, 1.165) is 19.3 Å². The quantitative estimate of drug-likeness (QED) is 0.0502. The molecule has 0 radical (unpaired) electrons. The molecule has 1 atom stereocenters. The first-order chi connectivity index (χ1) is 18.7. The maximum Gasteiger partial charge on any atom is 0.305 e. The number of carbonyl (C=O) groups excluding carboxylic acids is 1. The molecule has 0 aliphatic heterocycles. The largest absolute Gasteiger partial charge is 0.465 e. The van der Waals surface area contributed by atoms with Crippen molar-refractivity contribution in [2.75, 3.05) is 6.61 Å². The van der Waals surface area contributed by atoms with Crippen molar-refractivity contribution in [3.8, 4) is 0 Å². The van der Waals surface area contributed by atoms with E-state index in [2.05, 4.69) is 32.9 Å². The molecule has 0 aromatic rings. The number of allylic oxidation sites excluding steroid dienone is 2. The molecular weight excluding hydrogens is 464 g/mol. The summed E-state index contributed by atoms with van der Waals surface area (Å²) in [5.41, 5.74) is 0. The number of esters is 1. The monoisotopic (exact) mass is 535 g/mol. The zero-order valence-corrected chi connectivity index (χ0v) is 26.6. The third-order valence-corrected chi connectivity index (χ3v) is 8.17. The Labute approximate surface area is 240 Å². The summed E-state index contributed by atoms with van der Waals surface area (Å²) in [4.78, 5) is 12.1. The van der Waals surface area contributed by atoms with Crippen LogP contribution < -0.4 is 0 Å². The molecule has 0 amide bonds. The Morgan fingerprint density at radius 3 is 1.37 bits per heavy atom. The highest BCUT2D eigenvalue weighted by Crippen LogP contribution is 2.17. The van der Waals surface area contributed by atoms with Crippen molar-refractivity contribution in [2.45, 2.75) is 201 Å². The van der Waals surface area contributed by atoms with Crippen LogP contribution in [0.4, 0.5) is 0 Å². The van der Waals surface area contributed by atoms with E-state index in [-0.39, 0.29) is 5.97 Å². The van der Waals surface area contributed by atoms with Gasteiger partial charge in [0.25, 0.3) is 0 Å². The smallest absolute Gasteiger partial charge is 0.305 e. The summed E-state index contributed by atoms with van der Waals surface area (Å²) in [7, 11) is 0. The normalized spacial score (nSPS) is 12.4. The lowest BCUT2D eigenvalue weighted by atomic mass is 9.98. The minimum absolute atomic E-state index is 0.0239. The Bertz CT molecular complexity index is 484. The maximum atomic E-state index is 12.1. The zero-order valence-electron chi connectivity index (χ0n) is 26.6. The highest BCUT2D eigenvalue weighted by molar-refractivity contribution is 5.69. The summed E-state index contributed by atoms with van der Waals surface area (Å²) in [5, 5.41) is 0. The lowest BCUT2D eigenvalue weighted by Crippen LogP contribution is -2.13. The van der Waals surface area contributed by atoms with Crippen molar-refractivity contribution in [3.05, 3.63) is 12.2 Å². The molecule has 0 aliphatic rings. The van der Waals surface area contributed by atoms with E-state index < -0.39 is 0 Å². The second kappa shape index (κ2) is 32.4. The van der Waals surface area contributed by atoms with Crippen molar-refractivity contribution in [3.63, 3.8) is 0 Å². The topological polar surface area (TPSA) is 26.3 Å².